The summed E-state index contributed by atoms with van der Waals surface area (Å²) in [6, 6.07) is 3.53. The number of nitro benzene ring substituents is 2. The third kappa shape index (κ3) is 4.06. The van der Waals surface area contributed by atoms with Crippen LogP contribution >= 0.6 is 23.2 Å². The van der Waals surface area contributed by atoms with Gasteiger partial charge in [-0.2, -0.15) is 13.2 Å². The fraction of sp³-hybridized carbons (Fsp3) is 0.200. The molecule has 0 saturated carbocycles. The molecule has 0 bridgehead atoms. The fourth-order valence-corrected chi connectivity index (χ4v) is 3.39. The monoisotopic (exact) mass is 423 g/mol. The van der Waals surface area contributed by atoms with E-state index in [0.29, 0.717) is 11.6 Å². The van der Waals surface area contributed by atoms with Crippen LogP contribution in [0.4, 0.5) is 35.9 Å². The highest BCUT2D eigenvalue weighted by molar-refractivity contribution is 6.39. The molecule has 0 aliphatic rings. The van der Waals surface area contributed by atoms with E-state index in [1.807, 2.05) is 0 Å². The molecule has 144 valence electrons. The van der Waals surface area contributed by atoms with Gasteiger partial charge < -0.3 is 4.90 Å². The minimum absolute atomic E-state index is 0.0386. The zero-order chi connectivity index (χ0) is 20.7. The topological polar surface area (TPSA) is 89.5 Å². The van der Waals surface area contributed by atoms with E-state index >= 15 is 0 Å². The lowest BCUT2D eigenvalue weighted by Crippen LogP contribution is -2.19. The standard InChI is InChI=1S/C15H10Cl2F3N3O4/c1-7-3-10(16)14(11(17)4-7)21(2)13-9(15(18,19)20)5-8(22(24)25)6-12(13)23(26)27/h3-6H,1-2H3. The lowest BCUT2D eigenvalue weighted by molar-refractivity contribution is -0.394. The molecule has 0 radical (unpaired) electrons. The van der Waals surface area contributed by atoms with Gasteiger partial charge in [0.15, 0.2) is 0 Å². The van der Waals surface area contributed by atoms with Crippen LogP contribution in [0.1, 0.15) is 11.1 Å². The average Bonchev–Trinajstić information content (AvgIpc) is 2.51. The number of rotatable bonds is 4. The summed E-state index contributed by atoms with van der Waals surface area (Å²) in [5, 5.41) is 22.2. The number of anilines is 2. The van der Waals surface area contributed by atoms with Gasteiger partial charge in [-0.15, -0.1) is 0 Å². The van der Waals surface area contributed by atoms with Gasteiger partial charge in [0.2, 0.25) is 0 Å². The minimum atomic E-state index is -5.11. The first kappa shape index (κ1) is 20.7. The summed E-state index contributed by atoms with van der Waals surface area (Å²) in [4.78, 5) is 20.8. The molecular weight excluding hydrogens is 414 g/mol. The van der Waals surface area contributed by atoms with E-state index in [1.165, 1.54) is 12.1 Å². The number of halogens is 5. The van der Waals surface area contributed by atoms with Crippen LogP contribution in [-0.4, -0.2) is 16.9 Å². The lowest BCUT2D eigenvalue weighted by Gasteiger charge is -2.25. The van der Waals surface area contributed by atoms with Gasteiger partial charge in [0.25, 0.3) is 11.4 Å². The second-order valence-corrected chi connectivity index (χ2v) is 6.32. The molecule has 0 aromatic heterocycles. The van der Waals surface area contributed by atoms with E-state index in [0.717, 1.165) is 11.9 Å². The molecule has 2 aromatic carbocycles. The molecule has 0 aliphatic carbocycles. The number of aryl methyl sites for hydroxylation is 1. The number of benzene rings is 2. The fourth-order valence-electron chi connectivity index (χ4n) is 2.54. The third-order valence-corrected chi connectivity index (χ3v) is 4.20. The Morgan fingerprint density at radius 3 is 1.89 bits per heavy atom. The largest absolute Gasteiger partial charge is 0.418 e. The maximum absolute atomic E-state index is 13.5. The van der Waals surface area contributed by atoms with Gasteiger partial charge in [0, 0.05) is 13.1 Å². The Labute approximate surface area is 160 Å². The number of hydrogen-bond acceptors (Lipinski definition) is 5. The minimum Gasteiger partial charge on any atom is -0.336 e. The highest BCUT2D eigenvalue weighted by Crippen LogP contribution is 2.48. The molecule has 2 rings (SSSR count). The van der Waals surface area contributed by atoms with E-state index in [-0.39, 0.29) is 21.8 Å². The smallest absolute Gasteiger partial charge is 0.336 e. The zero-order valence-corrected chi connectivity index (χ0v) is 15.2. The molecule has 12 heteroatoms. The zero-order valence-electron chi connectivity index (χ0n) is 13.7. The van der Waals surface area contributed by atoms with Crippen molar-refractivity contribution >= 4 is 46.0 Å². The molecule has 0 unspecified atom stereocenters. The Bertz CT molecular complexity index is 928. The van der Waals surface area contributed by atoms with Crippen molar-refractivity contribution in [3.05, 3.63) is 65.7 Å². The molecule has 0 amide bonds. The van der Waals surface area contributed by atoms with Crippen LogP contribution in [0.25, 0.3) is 0 Å². The molecule has 2 aromatic rings. The molecular formula is C15H10Cl2F3N3O4. The number of nitro groups is 2. The summed E-state index contributed by atoms with van der Waals surface area (Å²) >= 11 is 12.1. The van der Waals surface area contributed by atoms with Crippen LogP contribution in [0.2, 0.25) is 10.0 Å². The van der Waals surface area contributed by atoms with Gasteiger partial charge in [-0.3, -0.25) is 20.2 Å². The van der Waals surface area contributed by atoms with Gasteiger partial charge in [0.05, 0.1) is 37.2 Å². The predicted octanol–water partition coefficient (Wildman–Crippen LogP) is 5.90. The summed E-state index contributed by atoms with van der Waals surface area (Å²) in [5.41, 5.74) is -4.12. The lowest BCUT2D eigenvalue weighted by atomic mass is 10.1. The molecule has 0 heterocycles. The van der Waals surface area contributed by atoms with E-state index in [9.17, 15) is 33.4 Å². The molecule has 0 saturated heterocycles. The van der Waals surface area contributed by atoms with Crippen molar-refractivity contribution in [2.45, 2.75) is 13.1 Å². The molecule has 0 aliphatic heterocycles. The quantitative estimate of drug-likeness (QED) is 0.450. The number of hydrogen-bond donors (Lipinski definition) is 0. The predicted molar refractivity (Wildman–Crippen MR) is 94.0 cm³/mol. The van der Waals surface area contributed by atoms with Crippen LogP contribution in [0.5, 0.6) is 0 Å². The molecule has 0 spiro atoms. The van der Waals surface area contributed by atoms with Crippen molar-refractivity contribution in [2.75, 3.05) is 11.9 Å². The Morgan fingerprint density at radius 1 is 0.963 bits per heavy atom. The van der Waals surface area contributed by atoms with Crippen molar-refractivity contribution in [1.82, 2.24) is 0 Å². The molecule has 0 atom stereocenters. The number of alkyl halides is 3. The van der Waals surface area contributed by atoms with Gasteiger partial charge in [0.1, 0.15) is 5.69 Å². The first-order valence-corrected chi connectivity index (χ1v) is 7.83. The Kier molecular flexibility index (Phi) is 5.52. The van der Waals surface area contributed by atoms with Gasteiger partial charge in [-0.05, 0) is 24.6 Å². The molecule has 27 heavy (non-hydrogen) atoms. The number of nitrogens with zero attached hydrogens (tertiary/aromatic N) is 3. The van der Waals surface area contributed by atoms with Crippen LogP contribution in [0.15, 0.2) is 24.3 Å². The second kappa shape index (κ2) is 7.20. The van der Waals surface area contributed by atoms with Crippen molar-refractivity contribution in [3.8, 4) is 0 Å². The van der Waals surface area contributed by atoms with Crippen LogP contribution in [0.3, 0.4) is 0 Å². The Hall–Kier alpha value is -2.59. The molecule has 0 fully saturated rings. The summed E-state index contributed by atoms with van der Waals surface area (Å²) in [6.45, 7) is 1.65. The van der Waals surface area contributed by atoms with E-state index < -0.39 is 38.6 Å². The summed E-state index contributed by atoms with van der Waals surface area (Å²) in [6.07, 6.45) is -5.11. The van der Waals surface area contributed by atoms with E-state index in [2.05, 4.69) is 0 Å². The van der Waals surface area contributed by atoms with Crippen molar-refractivity contribution < 1.29 is 23.0 Å². The van der Waals surface area contributed by atoms with Gasteiger partial charge in [-0.25, -0.2) is 0 Å². The van der Waals surface area contributed by atoms with Crippen molar-refractivity contribution in [2.24, 2.45) is 0 Å². The highest BCUT2D eigenvalue weighted by atomic mass is 35.5. The summed E-state index contributed by atoms with van der Waals surface area (Å²) in [7, 11) is 1.10. The summed E-state index contributed by atoms with van der Waals surface area (Å²) in [5.74, 6) is 0. The van der Waals surface area contributed by atoms with Gasteiger partial charge >= 0.3 is 6.18 Å². The highest BCUT2D eigenvalue weighted by Gasteiger charge is 2.41. The van der Waals surface area contributed by atoms with Crippen LogP contribution < -0.4 is 4.90 Å². The Balaban J connectivity index is 2.90. The molecule has 0 N–H and O–H groups in total. The molecule has 7 nitrogen and oxygen atoms in total. The van der Waals surface area contributed by atoms with Crippen molar-refractivity contribution in [1.29, 1.82) is 0 Å². The third-order valence-electron chi connectivity index (χ3n) is 3.62. The van der Waals surface area contributed by atoms with Crippen molar-refractivity contribution in [3.63, 3.8) is 0 Å². The van der Waals surface area contributed by atoms with E-state index in [1.54, 1.807) is 6.92 Å². The number of non-ortho nitro benzene ring substituents is 1. The first-order chi connectivity index (χ1) is 12.3. The SMILES string of the molecule is Cc1cc(Cl)c(N(C)c2c([N+](=O)[O-])cc([N+](=O)[O-])cc2C(F)(F)F)c(Cl)c1. The maximum Gasteiger partial charge on any atom is 0.418 e. The average molecular weight is 424 g/mol. The Morgan fingerprint density at radius 2 is 1.48 bits per heavy atom. The van der Waals surface area contributed by atoms with Gasteiger partial charge in [-0.1, -0.05) is 23.2 Å². The normalized spacial score (nSPS) is 11.4. The first-order valence-electron chi connectivity index (χ1n) is 7.08. The van der Waals surface area contributed by atoms with E-state index in [4.69, 9.17) is 23.2 Å². The maximum atomic E-state index is 13.5. The second-order valence-electron chi connectivity index (χ2n) is 5.51. The van der Waals surface area contributed by atoms with Crippen LogP contribution in [0, 0.1) is 27.2 Å². The van der Waals surface area contributed by atoms with Crippen LogP contribution in [-0.2, 0) is 6.18 Å². The summed E-state index contributed by atoms with van der Waals surface area (Å²) < 4.78 is 40.6.